The monoisotopic (exact) mass is 247 g/mol. The molecule has 0 radical (unpaired) electrons. The molecule has 92 valence electrons. The minimum absolute atomic E-state index is 0.277. The minimum atomic E-state index is 0.277. The van der Waals surface area contributed by atoms with Gasteiger partial charge in [0, 0.05) is 17.1 Å². The highest BCUT2D eigenvalue weighted by molar-refractivity contribution is 5.91. The molecule has 1 heterocycles. The number of aromatic hydroxyl groups is 1. The van der Waals surface area contributed by atoms with Crippen LogP contribution in [0.4, 0.5) is 0 Å². The second-order valence-corrected chi connectivity index (χ2v) is 4.31. The van der Waals surface area contributed by atoms with Crippen LogP contribution in [0.5, 0.6) is 5.75 Å². The van der Waals surface area contributed by atoms with E-state index in [2.05, 4.69) is 11.1 Å². The molecule has 0 atom stereocenters. The smallest absolute Gasteiger partial charge is 0.122 e. The average molecular weight is 247 g/mol. The first-order valence-electron chi connectivity index (χ1n) is 6.14. The lowest BCUT2D eigenvalue weighted by Gasteiger charge is -2.01. The van der Waals surface area contributed by atoms with E-state index in [0.717, 1.165) is 22.0 Å². The standard InChI is InChI=1S/C17H13NO/c19-17-8-4-2-6-14(17)9-10-16-15-7-3-1-5-13(15)11-12-18-16/h1-12,19H/b10-9+. The highest BCUT2D eigenvalue weighted by Crippen LogP contribution is 2.21. The van der Waals surface area contributed by atoms with Gasteiger partial charge in [-0.25, -0.2) is 0 Å². The predicted octanol–water partition coefficient (Wildman–Crippen LogP) is 4.11. The van der Waals surface area contributed by atoms with E-state index in [1.807, 2.05) is 54.6 Å². The maximum atomic E-state index is 9.73. The van der Waals surface area contributed by atoms with Crippen molar-refractivity contribution in [2.45, 2.75) is 0 Å². The minimum Gasteiger partial charge on any atom is -0.507 e. The van der Waals surface area contributed by atoms with Gasteiger partial charge in [0.15, 0.2) is 0 Å². The molecule has 3 rings (SSSR count). The molecule has 3 aromatic rings. The summed E-state index contributed by atoms with van der Waals surface area (Å²) in [5.74, 6) is 0.277. The van der Waals surface area contributed by atoms with Crippen LogP contribution in [0.25, 0.3) is 22.9 Å². The van der Waals surface area contributed by atoms with E-state index >= 15 is 0 Å². The number of para-hydroxylation sites is 1. The Morgan fingerprint density at radius 1 is 0.842 bits per heavy atom. The average Bonchev–Trinajstić information content (AvgIpc) is 2.46. The largest absolute Gasteiger partial charge is 0.507 e. The molecule has 19 heavy (non-hydrogen) atoms. The van der Waals surface area contributed by atoms with E-state index in [4.69, 9.17) is 0 Å². The quantitative estimate of drug-likeness (QED) is 0.739. The summed E-state index contributed by atoms with van der Waals surface area (Å²) in [6.45, 7) is 0. The fourth-order valence-electron chi connectivity index (χ4n) is 2.07. The molecule has 2 heteroatoms. The molecular weight excluding hydrogens is 234 g/mol. The molecule has 0 spiro atoms. The van der Waals surface area contributed by atoms with Gasteiger partial charge in [0.25, 0.3) is 0 Å². The number of hydrogen-bond donors (Lipinski definition) is 1. The van der Waals surface area contributed by atoms with Gasteiger partial charge in [-0.3, -0.25) is 4.98 Å². The van der Waals surface area contributed by atoms with Crippen LogP contribution in [0.3, 0.4) is 0 Å². The van der Waals surface area contributed by atoms with Crippen LogP contribution in [0.2, 0.25) is 0 Å². The fraction of sp³-hybridized carbons (Fsp3) is 0. The van der Waals surface area contributed by atoms with Crippen molar-refractivity contribution in [1.29, 1.82) is 0 Å². The van der Waals surface area contributed by atoms with Crippen molar-refractivity contribution in [3.05, 3.63) is 72.1 Å². The number of benzene rings is 2. The summed E-state index contributed by atoms with van der Waals surface area (Å²) >= 11 is 0. The van der Waals surface area contributed by atoms with Gasteiger partial charge in [0.1, 0.15) is 5.75 Å². The van der Waals surface area contributed by atoms with E-state index in [1.165, 1.54) is 0 Å². The zero-order chi connectivity index (χ0) is 13.1. The lowest BCUT2D eigenvalue weighted by Crippen LogP contribution is -1.83. The first-order chi connectivity index (χ1) is 9.34. The SMILES string of the molecule is Oc1ccccc1/C=C/c1nccc2ccccc12. The van der Waals surface area contributed by atoms with Gasteiger partial charge < -0.3 is 5.11 Å². The molecule has 1 N–H and O–H groups in total. The molecule has 0 saturated carbocycles. The summed E-state index contributed by atoms with van der Waals surface area (Å²) < 4.78 is 0. The Hall–Kier alpha value is -2.61. The number of pyridine rings is 1. The Morgan fingerprint density at radius 2 is 1.63 bits per heavy atom. The summed E-state index contributed by atoms with van der Waals surface area (Å²) in [7, 11) is 0. The third-order valence-electron chi connectivity index (χ3n) is 3.06. The summed E-state index contributed by atoms with van der Waals surface area (Å²) in [5, 5.41) is 12.0. The molecule has 0 aliphatic rings. The third-order valence-corrected chi connectivity index (χ3v) is 3.06. The molecule has 0 saturated heterocycles. The van der Waals surface area contributed by atoms with Crippen molar-refractivity contribution < 1.29 is 5.11 Å². The summed E-state index contributed by atoms with van der Waals surface area (Å²) in [4.78, 5) is 4.38. The van der Waals surface area contributed by atoms with Crippen LogP contribution in [-0.2, 0) is 0 Å². The van der Waals surface area contributed by atoms with Crippen molar-refractivity contribution in [1.82, 2.24) is 4.98 Å². The molecule has 0 bridgehead atoms. The summed E-state index contributed by atoms with van der Waals surface area (Å²) in [5.41, 5.74) is 1.69. The van der Waals surface area contributed by atoms with Crippen molar-refractivity contribution in [3.63, 3.8) is 0 Å². The van der Waals surface area contributed by atoms with Crippen LogP contribution in [-0.4, -0.2) is 10.1 Å². The molecule has 0 unspecified atom stereocenters. The Balaban J connectivity index is 2.04. The fourth-order valence-corrected chi connectivity index (χ4v) is 2.07. The molecular formula is C17H13NO. The molecule has 0 amide bonds. The molecule has 2 nitrogen and oxygen atoms in total. The van der Waals surface area contributed by atoms with E-state index in [-0.39, 0.29) is 5.75 Å². The van der Waals surface area contributed by atoms with Crippen LogP contribution < -0.4 is 0 Å². The highest BCUT2D eigenvalue weighted by Gasteiger charge is 1.99. The number of aromatic nitrogens is 1. The van der Waals surface area contributed by atoms with Gasteiger partial charge in [-0.15, -0.1) is 0 Å². The van der Waals surface area contributed by atoms with Crippen LogP contribution >= 0.6 is 0 Å². The van der Waals surface area contributed by atoms with Crippen LogP contribution in [0, 0.1) is 0 Å². The Bertz CT molecular complexity index is 742. The Morgan fingerprint density at radius 3 is 2.53 bits per heavy atom. The second kappa shape index (κ2) is 4.94. The van der Waals surface area contributed by atoms with E-state index in [1.54, 1.807) is 12.3 Å². The number of hydrogen-bond acceptors (Lipinski definition) is 2. The van der Waals surface area contributed by atoms with Crippen LogP contribution in [0.1, 0.15) is 11.3 Å². The van der Waals surface area contributed by atoms with Crippen molar-refractivity contribution in [3.8, 4) is 5.75 Å². The first-order valence-corrected chi connectivity index (χ1v) is 6.14. The van der Waals surface area contributed by atoms with E-state index < -0.39 is 0 Å². The lowest BCUT2D eigenvalue weighted by atomic mass is 10.1. The topological polar surface area (TPSA) is 33.1 Å². The zero-order valence-electron chi connectivity index (χ0n) is 10.3. The lowest BCUT2D eigenvalue weighted by molar-refractivity contribution is 0.474. The molecule has 1 aromatic heterocycles. The van der Waals surface area contributed by atoms with Crippen LogP contribution in [0.15, 0.2) is 60.8 Å². The number of nitrogens with zero attached hydrogens (tertiary/aromatic N) is 1. The number of phenolic OH excluding ortho intramolecular Hbond substituents is 1. The van der Waals surface area contributed by atoms with E-state index in [9.17, 15) is 5.11 Å². The molecule has 0 fully saturated rings. The molecule has 0 aliphatic heterocycles. The molecule has 0 aliphatic carbocycles. The zero-order valence-corrected chi connectivity index (χ0v) is 10.3. The predicted molar refractivity (Wildman–Crippen MR) is 78.8 cm³/mol. The van der Waals surface area contributed by atoms with E-state index in [0.29, 0.717) is 0 Å². The van der Waals surface area contributed by atoms with Crippen molar-refractivity contribution >= 4 is 22.9 Å². The summed E-state index contributed by atoms with van der Waals surface area (Å²) in [6.07, 6.45) is 5.61. The number of fused-ring (bicyclic) bond motifs is 1. The maximum absolute atomic E-state index is 9.73. The van der Waals surface area contributed by atoms with Crippen molar-refractivity contribution in [2.75, 3.05) is 0 Å². The summed E-state index contributed by atoms with van der Waals surface area (Å²) in [6, 6.07) is 17.4. The first kappa shape index (κ1) is 11.5. The number of phenols is 1. The van der Waals surface area contributed by atoms with Gasteiger partial charge in [-0.05, 0) is 29.7 Å². The van der Waals surface area contributed by atoms with Crippen molar-refractivity contribution in [2.24, 2.45) is 0 Å². The van der Waals surface area contributed by atoms with Gasteiger partial charge in [0.05, 0.1) is 5.69 Å². The molecule has 2 aromatic carbocycles. The maximum Gasteiger partial charge on any atom is 0.122 e. The van der Waals surface area contributed by atoms with Gasteiger partial charge in [0.2, 0.25) is 0 Å². The Kier molecular flexibility index (Phi) is 2.99. The normalized spacial score (nSPS) is 11.2. The number of rotatable bonds is 2. The highest BCUT2D eigenvalue weighted by atomic mass is 16.3. The van der Waals surface area contributed by atoms with Gasteiger partial charge >= 0.3 is 0 Å². The Labute approximate surface area is 111 Å². The van der Waals surface area contributed by atoms with Gasteiger partial charge in [-0.1, -0.05) is 42.5 Å². The van der Waals surface area contributed by atoms with Gasteiger partial charge in [-0.2, -0.15) is 0 Å². The third kappa shape index (κ3) is 2.33. The second-order valence-electron chi connectivity index (χ2n) is 4.31.